The van der Waals surface area contributed by atoms with E-state index >= 15 is 0 Å². The van der Waals surface area contributed by atoms with Crippen LogP contribution in [-0.4, -0.2) is 22.8 Å². The Bertz CT molecular complexity index is 259. The molecule has 0 heterocycles. The molecule has 0 aliphatic carbocycles. The Morgan fingerprint density at radius 2 is 2.00 bits per heavy atom. The molecule has 0 saturated carbocycles. The number of hydrogen-bond donors (Lipinski definition) is 2. The van der Waals surface area contributed by atoms with E-state index in [1.165, 1.54) is 0 Å². The third kappa shape index (κ3) is 7.03. The Morgan fingerprint density at radius 1 is 1.38 bits per heavy atom. The van der Waals surface area contributed by atoms with Crippen molar-refractivity contribution in [3.8, 4) is 0 Å². The van der Waals surface area contributed by atoms with Crippen molar-refractivity contribution in [3.63, 3.8) is 0 Å². The van der Waals surface area contributed by atoms with Crippen molar-refractivity contribution < 1.29 is 15.0 Å². The van der Waals surface area contributed by atoms with E-state index in [9.17, 15) is 4.79 Å². The number of aliphatic hydroxyl groups is 1. The van der Waals surface area contributed by atoms with Crippen LogP contribution in [0.15, 0.2) is 35.5 Å². The third-order valence-corrected chi connectivity index (χ3v) is 1.34. The van der Waals surface area contributed by atoms with Crippen LogP contribution in [0.25, 0.3) is 0 Å². The van der Waals surface area contributed by atoms with Crippen molar-refractivity contribution in [1.29, 1.82) is 0 Å². The van der Waals surface area contributed by atoms with Gasteiger partial charge in [-0.15, -0.1) is 0 Å². The van der Waals surface area contributed by atoms with Crippen LogP contribution in [0.5, 0.6) is 0 Å². The Hall–Kier alpha value is -1.35. The summed E-state index contributed by atoms with van der Waals surface area (Å²) in [4.78, 5) is 10.2. The molecule has 0 bridgehead atoms. The lowest BCUT2D eigenvalue weighted by Crippen LogP contribution is -1.87. The van der Waals surface area contributed by atoms with Gasteiger partial charge in [0.2, 0.25) is 0 Å². The number of rotatable bonds is 4. The zero-order chi connectivity index (χ0) is 10.3. The summed E-state index contributed by atoms with van der Waals surface area (Å²) in [6.45, 7) is 3.51. The number of carboxylic acid groups (broad SMARTS) is 1. The first kappa shape index (κ1) is 11.6. The fourth-order valence-corrected chi connectivity index (χ4v) is 0.660. The minimum atomic E-state index is -0.954. The Morgan fingerprint density at radius 3 is 2.46 bits per heavy atom. The molecule has 2 N–H and O–H groups in total. The first-order valence-electron chi connectivity index (χ1n) is 3.92. The second-order valence-electron chi connectivity index (χ2n) is 2.76. The second kappa shape index (κ2) is 6.20. The van der Waals surface area contributed by atoms with Crippen LogP contribution in [0, 0.1) is 0 Å². The topological polar surface area (TPSA) is 57.5 Å². The fraction of sp³-hybridized carbons (Fsp3) is 0.300. The van der Waals surface area contributed by atoms with E-state index in [2.05, 4.69) is 0 Å². The molecule has 0 aromatic carbocycles. The monoisotopic (exact) mass is 182 g/mol. The first-order chi connectivity index (χ1) is 6.06. The van der Waals surface area contributed by atoms with E-state index in [-0.39, 0.29) is 6.61 Å². The Kier molecular flexibility index (Phi) is 5.55. The second-order valence-corrected chi connectivity index (χ2v) is 2.76. The largest absolute Gasteiger partial charge is 0.478 e. The van der Waals surface area contributed by atoms with Gasteiger partial charge >= 0.3 is 5.97 Å². The van der Waals surface area contributed by atoms with Gasteiger partial charge in [0.05, 0.1) is 6.61 Å². The maximum absolute atomic E-state index is 10.2. The molecule has 0 unspecified atom stereocenters. The van der Waals surface area contributed by atoms with Crippen LogP contribution in [-0.2, 0) is 4.79 Å². The zero-order valence-corrected chi connectivity index (χ0v) is 7.82. The van der Waals surface area contributed by atoms with Gasteiger partial charge in [-0.05, 0) is 25.0 Å². The van der Waals surface area contributed by atoms with E-state index in [1.54, 1.807) is 32.1 Å². The molecule has 3 heteroatoms. The van der Waals surface area contributed by atoms with Crippen molar-refractivity contribution in [2.45, 2.75) is 13.8 Å². The van der Waals surface area contributed by atoms with Crippen LogP contribution in [0.4, 0.5) is 0 Å². The van der Waals surface area contributed by atoms with Gasteiger partial charge in [-0.2, -0.15) is 0 Å². The molecular formula is C10H14O3. The average Bonchev–Trinajstić information content (AvgIpc) is 2.02. The standard InChI is InChI=1S/C10H14O3/c1-8(6-10(12)13)4-3-5-9(2)7-11/h3-6,11H,7H2,1-2H3,(H,12,13)/b4-3+,8-6+,9-5+. The highest BCUT2D eigenvalue weighted by atomic mass is 16.4. The van der Waals surface area contributed by atoms with E-state index in [0.717, 1.165) is 11.6 Å². The highest BCUT2D eigenvalue weighted by molar-refractivity contribution is 5.81. The molecular weight excluding hydrogens is 168 g/mol. The summed E-state index contributed by atoms with van der Waals surface area (Å²) < 4.78 is 0. The summed E-state index contributed by atoms with van der Waals surface area (Å²) in [7, 11) is 0. The maximum atomic E-state index is 10.2. The van der Waals surface area contributed by atoms with Gasteiger partial charge in [-0.1, -0.05) is 18.2 Å². The summed E-state index contributed by atoms with van der Waals surface area (Å²) in [6.07, 6.45) is 6.24. The Balaban J connectivity index is 4.21. The third-order valence-electron chi connectivity index (χ3n) is 1.34. The van der Waals surface area contributed by atoms with Gasteiger partial charge < -0.3 is 10.2 Å². The summed E-state index contributed by atoms with van der Waals surface area (Å²) in [5.74, 6) is -0.954. The van der Waals surface area contributed by atoms with Crippen LogP contribution in [0.2, 0.25) is 0 Å². The molecule has 0 saturated heterocycles. The van der Waals surface area contributed by atoms with Gasteiger partial charge in [-0.25, -0.2) is 4.79 Å². The van der Waals surface area contributed by atoms with Crippen molar-refractivity contribution in [2.24, 2.45) is 0 Å². The van der Waals surface area contributed by atoms with Crippen molar-refractivity contribution in [1.82, 2.24) is 0 Å². The lowest BCUT2D eigenvalue weighted by molar-refractivity contribution is -0.131. The van der Waals surface area contributed by atoms with Gasteiger partial charge in [0.15, 0.2) is 0 Å². The molecule has 72 valence electrons. The predicted octanol–water partition coefficient (Wildman–Crippen LogP) is 1.51. The number of aliphatic carboxylic acids is 1. The summed E-state index contributed by atoms with van der Waals surface area (Å²) >= 11 is 0. The molecule has 0 amide bonds. The molecule has 0 spiro atoms. The number of carboxylic acids is 1. The first-order valence-corrected chi connectivity index (χ1v) is 3.92. The number of hydrogen-bond acceptors (Lipinski definition) is 2. The molecule has 0 aromatic heterocycles. The van der Waals surface area contributed by atoms with Crippen LogP contribution in [0.1, 0.15) is 13.8 Å². The molecule has 3 nitrogen and oxygen atoms in total. The molecule has 0 fully saturated rings. The molecule has 0 rings (SSSR count). The summed E-state index contributed by atoms with van der Waals surface area (Å²) in [5.41, 5.74) is 1.49. The minimum absolute atomic E-state index is 0.0199. The zero-order valence-electron chi connectivity index (χ0n) is 7.82. The van der Waals surface area contributed by atoms with Crippen LogP contribution in [0.3, 0.4) is 0 Å². The SMILES string of the molecule is CC(/C=C/C=C(\C)CO)=C\C(=O)O. The minimum Gasteiger partial charge on any atom is -0.478 e. The number of allylic oxidation sites excluding steroid dienone is 4. The maximum Gasteiger partial charge on any atom is 0.328 e. The van der Waals surface area contributed by atoms with Gasteiger partial charge in [0, 0.05) is 6.08 Å². The highest BCUT2D eigenvalue weighted by Gasteiger charge is 1.88. The lowest BCUT2D eigenvalue weighted by atomic mass is 10.2. The van der Waals surface area contributed by atoms with Gasteiger partial charge in [0.25, 0.3) is 0 Å². The lowest BCUT2D eigenvalue weighted by Gasteiger charge is -1.90. The average molecular weight is 182 g/mol. The summed E-state index contributed by atoms with van der Waals surface area (Å²) in [6, 6.07) is 0. The number of aliphatic hydroxyl groups excluding tert-OH is 1. The van der Waals surface area contributed by atoms with Crippen LogP contribution < -0.4 is 0 Å². The van der Waals surface area contributed by atoms with E-state index in [0.29, 0.717) is 5.57 Å². The Labute approximate surface area is 77.7 Å². The predicted molar refractivity (Wildman–Crippen MR) is 51.4 cm³/mol. The molecule has 0 aliphatic heterocycles. The molecule has 13 heavy (non-hydrogen) atoms. The fourth-order valence-electron chi connectivity index (χ4n) is 0.660. The highest BCUT2D eigenvalue weighted by Crippen LogP contribution is 1.97. The van der Waals surface area contributed by atoms with Gasteiger partial charge in [0.1, 0.15) is 0 Å². The van der Waals surface area contributed by atoms with E-state index in [1.807, 2.05) is 0 Å². The molecule has 0 atom stereocenters. The molecule has 0 aliphatic rings. The summed E-state index contributed by atoms with van der Waals surface area (Å²) in [5, 5.41) is 17.0. The van der Waals surface area contributed by atoms with Crippen LogP contribution >= 0.6 is 0 Å². The van der Waals surface area contributed by atoms with Gasteiger partial charge in [-0.3, -0.25) is 0 Å². The smallest absolute Gasteiger partial charge is 0.328 e. The quantitative estimate of drug-likeness (QED) is 0.512. The number of carbonyl (C=O) groups is 1. The van der Waals surface area contributed by atoms with E-state index in [4.69, 9.17) is 10.2 Å². The van der Waals surface area contributed by atoms with Crippen molar-refractivity contribution in [2.75, 3.05) is 6.61 Å². The van der Waals surface area contributed by atoms with Crippen molar-refractivity contribution in [3.05, 3.63) is 35.5 Å². The normalized spacial score (nSPS) is 13.8. The molecule has 0 radical (unpaired) electrons. The van der Waals surface area contributed by atoms with E-state index < -0.39 is 5.97 Å². The molecule has 0 aromatic rings. The van der Waals surface area contributed by atoms with Crippen molar-refractivity contribution >= 4 is 5.97 Å².